The van der Waals surface area contributed by atoms with Gasteiger partial charge in [0.1, 0.15) is 0 Å². The van der Waals surface area contributed by atoms with Crippen LogP contribution in [0.4, 0.5) is 0 Å². The molecule has 2 saturated heterocycles. The molecule has 2 unspecified atom stereocenters. The first-order valence-corrected chi connectivity index (χ1v) is 7.77. The Balaban J connectivity index is 1.84. The van der Waals surface area contributed by atoms with Gasteiger partial charge in [-0.05, 0) is 57.5 Å². The van der Waals surface area contributed by atoms with Crippen LogP contribution in [0.3, 0.4) is 0 Å². The minimum atomic E-state index is 0.553. The molecule has 0 spiro atoms. The summed E-state index contributed by atoms with van der Waals surface area (Å²) < 4.78 is 0.919. The Bertz CT molecular complexity index is 351. The van der Waals surface area contributed by atoms with Gasteiger partial charge in [-0.15, -0.1) is 11.3 Å². The van der Waals surface area contributed by atoms with Crippen LogP contribution in [0, 0.1) is 0 Å². The van der Waals surface area contributed by atoms with E-state index < -0.39 is 0 Å². The highest BCUT2D eigenvalue weighted by Gasteiger charge is 2.33. The molecule has 0 saturated carbocycles. The molecule has 2 aliphatic heterocycles. The van der Waals surface area contributed by atoms with Crippen molar-refractivity contribution in [3.05, 3.63) is 21.3 Å². The van der Waals surface area contributed by atoms with E-state index in [4.69, 9.17) is 11.6 Å². The van der Waals surface area contributed by atoms with Gasteiger partial charge in [-0.25, -0.2) is 0 Å². The van der Waals surface area contributed by atoms with Gasteiger partial charge >= 0.3 is 0 Å². The molecule has 3 heterocycles. The van der Waals surface area contributed by atoms with E-state index in [0.29, 0.717) is 12.1 Å². The summed E-state index contributed by atoms with van der Waals surface area (Å²) in [5.74, 6) is 0. The maximum absolute atomic E-state index is 6.10. The number of hydrogen-bond acceptors (Lipinski definition) is 3. The molecular formula is C13H19ClN2S. The fourth-order valence-electron chi connectivity index (χ4n) is 3.12. The van der Waals surface area contributed by atoms with Crippen LogP contribution >= 0.6 is 22.9 Å². The largest absolute Gasteiger partial charge is 0.312 e. The normalized spacial score (nSPS) is 27.7. The van der Waals surface area contributed by atoms with Crippen molar-refractivity contribution < 1.29 is 0 Å². The van der Waals surface area contributed by atoms with E-state index in [1.165, 1.54) is 50.2 Å². The minimum Gasteiger partial charge on any atom is -0.312 e. The molecule has 1 N–H and O–H groups in total. The Hall–Kier alpha value is -0.0900. The van der Waals surface area contributed by atoms with Crippen LogP contribution < -0.4 is 5.32 Å². The lowest BCUT2D eigenvalue weighted by molar-refractivity contribution is 0.205. The molecule has 0 bridgehead atoms. The van der Waals surface area contributed by atoms with Crippen molar-refractivity contribution in [3.63, 3.8) is 0 Å². The molecule has 0 amide bonds. The Morgan fingerprint density at radius 3 is 2.71 bits per heavy atom. The minimum absolute atomic E-state index is 0.553. The Kier molecular flexibility index (Phi) is 3.71. The molecule has 1 aromatic heterocycles. The van der Waals surface area contributed by atoms with Crippen molar-refractivity contribution in [1.82, 2.24) is 10.2 Å². The summed E-state index contributed by atoms with van der Waals surface area (Å²) in [6, 6.07) is 5.44. The van der Waals surface area contributed by atoms with Gasteiger partial charge in [0.25, 0.3) is 0 Å². The molecule has 2 fully saturated rings. The van der Waals surface area contributed by atoms with Crippen molar-refractivity contribution in [3.8, 4) is 0 Å². The van der Waals surface area contributed by atoms with E-state index in [0.717, 1.165) is 4.34 Å². The Morgan fingerprint density at radius 1 is 1.29 bits per heavy atom. The third-order valence-electron chi connectivity index (χ3n) is 3.90. The predicted octanol–water partition coefficient (Wildman–Crippen LogP) is 3.29. The highest BCUT2D eigenvalue weighted by molar-refractivity contribution is 7.16. The average molecular weight is 271 g/mol. The fraction of sp³-hybridized carbons (Fsp3) is 0.692. The number of halogens is 1. The molecule has 2 atom stereocenters. The zero-order valence-electron chi connectivity index (χ0n) is 9.99. The number of rotatable bonds is 3. The second-order valence-electron chi connectivity index (χ2n) is 5.03. The second-order valence-corrected chi connectivity index (χ2v) is 6.78. The van der Waals surface area contributed by atoms with Gasteiger partial charge in [0, 0.05) is 10.9 Å². The van der Waals surface area contributed by atoms with E-state index >= 15 is 0 Å². The van der Waals surface area contributed by atoms with Crippen molar-refractivity contribution >= 4 is 22.9 Å². The average Bonchev–Trinajstić information content (AvgIpc) is 3.02. The number of nitrogens with one attached hydrogen (secondary N) is 1. The lowest BCUT2D eigenvalue weighted by Gasteiger charge is -2.31. The fourth-order valence-corrected chi connectivity index (χ4v) is 4.38. The molecule has 4 heteroatoms. The molecule has 94 valence electrons. The quantitative estimate of drug-likeness (QED) is 0.907. The van der Waals surface area contributed by atoms with Crippen LogP contribution in [0.1, 0.15) is 36.6 Å². The van der Waals surface area contributed by atoms with Gasteiger partial charge in [0.15, 0.2) is 0 Å². The Morgan fingerprint density at radius 2 is 2.12 bits per heavy atom. The van der Waals surface area contributed by atoms with Crippen molar-refractivity contribution in [2.75, 3.05) is 19.6 Å². The van der Waals surface area contributed by atoms with Crippen molar-refractivity contribution in [2.24, 2.45) is 0 Å². The summed E-state index contributed by atoms with van der Waals surface area (Å²) in [7, 11) is 0. The number of likely N-dealkylation sites (tertiary alicyclic amines) is 1. The highest BCUT2D eigenvalue weighted by atomic mass is 35.5. The SMILES string of the molecule is Clc1ccc(C(C2CCCN2)N2CCCC2)s1. The van der Waals surface area contributed by atoms with Crippen LogP contribution in [0.15, 0.2) is 12.1 Å². The van der Waals surface area contributed by atoms with E-state index in [9.17, 15) is 0 Å². The summed E-state index contributed by atoms with van der Waals surface area (Å²) in [6.07, 6.45) is 5.31. The maximum atomic E-state index is 6.10. The number of thiophene rings is 1. The first kappa shape index (κ1) is 12.0. The van der Waals surface area contributed by atoms with Gasteiger partial charge < -0.3 is 5.32 Å². The van der Waals surface area contributed by atoms with E-state index in [2.05, 4.69) is 16.3 Å². The van der Waals surface area contributed by atoms with Gasteiger partial charge in [-0.2, -0.15) is 0 Å². The summed E-state index contributed by atoms with van der Waals surface area (Å²) in [6.45, 7) is 3.67. The van der Waals surface area contributed by atoms with E-state index in [1.807, 2.05) is 6.07 Å². The summed E-state index contributed by atoms with van der Waals surface area (Å²) >= 11 is 7.85. The lowest BCUT2D eigenvalue weighted by Crippen LogP contribution is -2.39. The van der Waals surface area contributed by atoms with E-state index in [1.54, 1.807) is 11.3 Å². The van der Waals surface area contributed by atoms with E-state index in [-0.39, 0.29) is 0 Å². The molecule has 17 heavy (non-hydrogen) atoms. The molecule has 0 radical (unpaired) electrons. The first-order chi connectivity index (χ1) is 8.34. The maximum Gasteiger partial charge on any atom is 0.0931 e. The van der Waals surface area contributed by atoms with Crippen LogP contribution in [0.2, 0.25) is 4.34 Å². The van der Waals surface area contributed by atoms with Crippen LogP contribution in [0.25, 0.3) is 0 Å². The third kappa shape index (κ3) is 2.53. The number of hydrogen-bond donors (Lipinski definition) is 1. The van der Waals surface area contributed by atoms with Crippen molar-refractivity contribution in [2.45, 2.75) is 37.8 Å². The lowest BCUT2D eigenvalue weighted by atomic mass is 10.0. The summed E-state index contributed by atoms with van der Waals surface area (Å²) in [5, 5.41) is 3.66. The zero-order valence-corrected chi connectivity index (χ0v) is 11.6. The molecule has 0 aliphatic carbocycles. The smallest absolute Gasteiger partial charge is 0.0931 e. The monoisotopic (exact) mass is 270 g/mol. The van der Waals surface area contributed by atoms with Crippen LogP contribution in [-0.2, 0) is 0 Å². The Labute approximate surface area is 112 Å². The first-order valence-electron chi connectivity index (χ1n) is 6.57. The standard InChI is InChI=1S/C13H19ClN2S/c14-12-6-5-11(17-12)13(10-4-3-7-15-10)16-8-1-2-9-16/h5-6,10,13,15H,1-4,7-9H2. The highest BCUT2D eigenvalue weighted by Crippen LogP contribution is 2.36. The van der Waals surface area contributed by atoms with Gasteiger partial charge in [0.2, 0.25) is 0 Å². The predicted molar refractivity (Wildman–Crippen MR) is 73.9 cm³/mol. The van der Waals surface area contributed by atoms with Crippen LogP contribution in [0.5, 0.6) is 0 Å². The second kappa shape index (κ2) is 5.27. The van der Waals surface area contributed by atoms with Crippen LogP contribution in [-0.4, -0.2) is 30.6 Å². The van der Waals surface area contributed by atoms with Gasteiger partial charge in [-0.3, -0.25) is 4.90 Å². The van der Waals surface area contributed by atoms with Gasteiger partial charge in [-0.1, -0.05) is 11.6 Å². The molecule has 2 nitrogen and oxygen atoms in total. The molecule has 0 aromatic carbocycles. The zero-order chi connectivity index (χ0) is 11.7. The van der Waals surface area contributed by atoms with Gasteiger partial charge in [0.05, 0.1) is 10.4 Å². The third-order valence-corrected chi connectivity index (χ3v) is 5.20. The topological polar surface area (TPSA) is 15.3 Å². The molecule has 3 rings (SSSR count). The molecular weight excluding hydrogens is 252 g/mol. The summed E-state index contributed by atoms with van der Waals surface area (Å²) in [5.41, 5.74) is 0. The number of nitrogens with zero attached hydrogens (tertiary/aromatic N) is 1. The summed E-state index contributed by atoms with van der Waals surface area (Å²) in [4.78, 5) is 4.09. The molecule has 2 aliphatic rings. The molecule has 1 aromatic rings. The van der Waals surface area contributed by atoms with Crippen molar-refractivity contribution in [1.29, 1.82) is 0 Å².